The van der Waals surface area contributed by atoms with Crippen molar-refractivity contribution < 1.29 is 14.3 Å². The van der Waals surface area contributed by atoms with Crippen LogP contribution in [0, 0.1) is 13.8 Å². The summed E-state index contributed by atoms with van der Waals surface area (Å²) >= 11 is 0. The smallest absolute Gasteiger partial charge is 0.339 e. The topological polar surface area (TPSA) is 46.6 Å². The molecule has 4 heteroatoms. The number of hydrogen-bond acceptors (Lipinski definition) is 3. The molecule has 0 bridgehead atoms. The van der Waals surface area contributed by atoms with E-state index in [9.17, 15) is 9.59 Å². The average Bonchev–Trinajstić information content (AvgIpc) is 2.55. The van der Waals surface area contributed by atoms with Crippen molar-refractivity contribution in [2.24, 2.45) is 0 Å². The van der Waals surface area contributed by atoms with E-state index in [-0.39, 0.29) is 5.91 Å². The Balaban J connectivity index is 2.33. The Kier molecular flexibility index (Phi) is 5.16. The molecule has 0 aliphatic carbocycles. The number of hydrogen-bond donors (Lipinski definition) is 0. The number of nitrogens with zero attached hydrogens (tertiary/aromatic N) is 1. The van der Waals surface area contributed by atoms with Gasteiger partial charge in [0.2, 0.25) is 6.10 Å². The first-order valence-corrected chi connectivity index (χ1v) is 7.45. The van der Waals surface area contributed by atoms with Crippen LogP contribution in [0.1, 0.15) is 33.2 Å². The van der Waals surface area contributed by atoms with Crippen molar-refractivity contribution in [2.45, 2.75) is 20.0 Å². The molecule has 0 radical (unpaired) electrons. The average molecular weight is 311 g/mol. The highest BCUT2D eigenvalue weighted by Gasteiger charge is 2.27. The molecule has 23 heavy (non-hydrogen) atoms. The van der Waals surface area contributed by atoms with Crippen LogP contribution in [0.25, 0.3) is 0 Å². The number of carbonyl (C=O) groups is 2. The number of ether oxygens (including phenoxy) is 1. The molecule has 0 N–H and O–H groups in total. The highest BCUT2D eigenvalue weighted by Crippen LogP contribution is 2.23. The molecule has 0 aromatic heterocycles. The Labute approximate surface area is 136 Å². The van der Waals surface area contributed by atoms with Crippen LogP contribution in [0.4, 0.5) is 0 Å². The molecule has 0 saturated carbocycles. The summed E-state index contributed by atoms with van der Waals surface area (Å²) in [6.45, 7) is 3.81. The summed E-state index contributed by atoms with van der Waals surface area (Å²) in [5.74, 6) is -0.759. The maximum Gasteiger partial charge on any atom is 0.339 e. The molecular weight excluding hydrogens is 290 g/mol. The van der Waals surface area contributed by atoms with Gasteiger partial charge in [0.1, 0.15) is 0 Å². The Morgan fingerprint density at radius 1 is 0.957 bits per heavy atom. The van der Waals surface area contributed by atoms with E-state index in [4.69, 9.17) is 4.74 Å². The third-order valence-corrected chi connectivity index (χ3v) is 3.82. The molecule has 0 heterocycles. The molecule has 2 aromatic rings. The summed E-state index contributed by atoms with van der Waals surface area (Å²) in [7, 11) is 3.29. The van der Waals surface area contributed by atoms with Gasteiger partial charge in [0.15, 0.2) is 0 Å². The van der Waals surface area contributed by atoms with E-state index in [1.165, 1.54) is 4.90 Å². The van der Waals surface area contributed by atoms with Crippen molar-refractivity contribution in [2.75, 3.05) is 14.1 Å². The molecule has 1 atom stereocenters. The van der Waals surface area contributed by atoms with Crippen molar-refractivity contribution in [1.82, 2.24) is 4.90 Å². The van der Waals surface area contributed by atoms with E-state index in [2.05, 4.69) is 0 Å². The molecule has 120 valence electrons. The minimum Gasteiger partial charge on any atom is -0.444 e. The van der Waals surface area contributed by atoms with Crippen molar-refractivity contribution in [3.8, 4) is 0 Å². The minimum absolute atomic E-state index is 0.269. The summed E-state index contributed by atoms with van der Waals surface area (Å²) in [4.78, 5) is 26.4. The second-order valence-corrected chi connectivity index (χ2v) is 5.68. The zero-order valence-electron chi connectivity index (χ0n) is 13.9. The van der Waals surface area contributed by atoms with Crippen LogP contribution in [0.15, 0.2) is 48.5 Å². The van der Waals surface area contributed by atoms with E-state index in [0.29, 0.717) is 11.1 Å². The van der Waals surface area contributed by atoms with Crippen molar-refractivity contribution in [3.63, 3.8) is 0 Å². The molecule has 4 nitrogen and oxygen atoms in total. The van der Waals surface area contributed by atoms with Gasteiger partial charge in [-0.25, -0.2) is 4.79 Å². The summed E-state index contributed by atoms with van der Waals surface area (Å²) in [5.41, 5.74) is 3.01. The van der Waals surface area contributed by atoms with Gasteiger partial charge in [-0.1, -0.05) is 42.5 Å². The molecule has 2 aromatic carbocycles. The summed E-state index contributed by atoms with van der Waals surface area (Å²) in [6, 6.07) is 14.5. The van der Waals surface area contributed by atoms with Gasteiger partial charge < -0.3 is 9.64 Å². The molecule has 0 aliphatic heterocycles. The first-order chi connectivity index (χ1) is 10.9. The molecule has 2 rings (SSSR count). The monoisotopic (exact) mass is 311 g/mol. The summed E-state index contributed by atoms with van der Waals surface area (Å²) in [6.07, 6.45) is -0.946. The molecule has 0 saturated heterocycles. The van der Waals surface area contributed by atoms with Crippen molar-refractivity contribution >= 4 is 11.9 Å². The van der Waals surface area contributed by atoms with Gasteiger partial charge in [0.25, 0.3) is 5.91 Å². The van der Waals surface area contributed by atoms with Crippen molar-refractivity contribution in [1.29, 1.82) is 0 Å². The van der Waals surface area contributed by atoms with Gasteiger partial charge in [-0.05, 0) is 31.0 Å². The fourth-order valence-electron chi connectivity index (χ4n) is 2.27. The van der Waals surface area contributed by atoms with Crippen LogP contribution >= 0.6 is 0 Å². The van der Waals surface area contributed by atoms with E-state index < -0.39 is 12.1 Å². The zero-order chi connectivity index (χ0) is 17.0. The number of likely N-dealkylation sites (N-methyl/N-ethyl adjacent to an activating group) is 1. The normalized spacial score (nSPS) is 11.7. The summed E-state index contributed by atoms with van der Waals surface area (Å²) in [5, 5.41) is 0. The third kappa shape index (κ3) is 3.77. The highest BCUT2D eigenvalue weighted by atomic mass is 16.5. The number of esters is 1. The van der Waals surface area contributed by atoms with Gasteiger partial charge in [-0.15, -0.1) is 0 Å². The lowest BCUT2D eigenvalue weighted by atomic mass is 10.0. The predicted molar refractivity (Wildman–Crippen MR) is 89.2 cm³/mol. The lowest BCUT2D eigenvalue weighted by molar-refractivity contribution is -0.138. The number of rotatable bonds is 4. The van der Waals surface area contributed by atoms with E-state index in [1.807, 2.05) is 44.2 Å². The standard InChI is InChI=1S/C19H21NO3/c1-13-9-8-12-16(14(13)2)19(22)23-17(18(21)20(3)4)15-10-6-5-7-11-15/h5-12,17H,1-4H3/t17-/m0/s1. The molecule has 0 spiro atoms. The van der Waals surface area contributed by atoms with Crippen LogP contribution in [0.5, 0.6) is 0 Å². The SMILES string of the molecule is Cc1cccc(C(=O)O[C@H](C(=O)N(C)C)c2ccccc2)c1C. The number of amides is 1. The summed E-state index contributed by atoms with van der Waals surface area (Å²) < 4.78 is 5.55. The Hall–Kier alpha value is -2.62. The van der Waals surface area contributed by atoms with Gasteiger partial charge >= 0.3 is 5.97 Å². The first kappa shape index (κ1) is 16.7. The minimum atomic E-state index is -0.946. The maximum atomic E-state index is 12.5. The predicted octanol–water partition coefficient (Wildman–Crippen LogP) is 3.29. The zero-order valence-corrected chi connectivity index (χ0v) is 13.9. The fraction of sp³-hybridized carbons (Fsp3) is 0.263. The Bertz CT molecular complexity index is 708. The second kappa shape index (κ2) is 7.09. The van der Waals surface area contributed by atoms with Crippen LogP contribution in [-0.2, 0) is 9.53 Å². The van der Waals surface area contributed by atoms with Crippen LogP contribution in [0.2, 0.25) is 0 Å². The Morgan fingerprint density at radius 2 is 1.61 bits per heavy atom. The number of aryl methyl sites for hydroxylation is 1. The van der Waals surface area contributed by atoms with Crippen LogP contribution in [-0.4, -0.2) is 30.9 Å². The lowest BCUT2D eigenvalue weighted by Crippen LogP contribution is -2.31. The molecule has 0 fully saturated rings. The Morgan fingerprint density at radius 3 is 2.22 bits per heavy atom. The lowest BCUT2D eigenvalue weighted by Gasteiger charge is -2.21. The van der Waals surface area contributed by atoms with Gasteiger partial charge in [0, 0.05) is 19.7 Å². The van der Waals surface area contributed by atoms with Gasteiger partial charge in [0.05, 0.1) is 5.56 Å². The second-order valence-electron chi connectivity index (χ2n) is 5.68. The van der Waals surface area contributed by atoms with E-state index in [1.54, 1.807) is 32.3 Å². The molecule has 0 aliphatic rings. The van der Waals surface area contributed by atoms with Gasteiger partial charge in [-0.3, -0.25) is 4.79 Å². The van der Waals surface area contributed by atoms with Crippen molar-refractivity contribution in [3.05, 3.63) is 70.8 Å². The van der Waals surface area contributed by atoms with Crippen LogP contribution in [0.3, 0.4) is 0 Å². The third-order valence-electron chi connectivity index (χ3n) is 3.82. The van der Waals surface area contributed by atoms with E-state index in [0.717, 1.165) is 11.1 Å². The number of carbonyl (C=O) groups excluding carboxylic acids is 2. The molecule has 1 amide bonds. The fourth-order valence-corrected chi connectivity index (χ4v) is 2.27. The molecular formula is C19H21NO3. The molecule has 0 unspecified atom stereocenters. The van der Waals surface area contributed by atoms with Crippen LogP contribution < -0.4 is 0 Å². The first-order valence-electron chi connectivity index (χ1n) is 7.45. The van der Waals surface area contributed by atoms with E-state index >= 15 is 0 Å². The van der Waals surface area contributed by atoms with Gasteiger partial charge in [-0.2, -0.15) is 0 Å². The quantitative estimate of drug-likeness (QED) is 0.814. The maximum absolute atomic E-state index is 12.5. The number of benzene rings is 2. The largest absolute Gasteiger partial charge is 0.444 e. The highest BCUT2D eigenvalue weighted by molar-refractivity contribution is 5.94.